The fourth-order valence-electron chi connectivity index (χ4n) is 2.57. The highest BCUT2D eigenvalue weighted by molar-refractivity contribution is 14.1. The van der Waals surface area contributed by atoms with Crippen LogP contribution in [0.25, 0.3) is 0 Å². The number of halogens is 1. The maximum atomic E-state index is 12.2. The lowest BCUT2D eigenvalue weighted by atomic mass is 10.00. The van der Waals surface area contributed by atoms with Gasteiger partial charge in [-0.15, -0.1) is 0 Å². The van der Waals surface area contributed by atoms with Gasteiger partial charge in [0.2, 0.25) is 11.8 Å². The second-order valence-electron chi connectivity index (χ2n) is 5.48. The van der Waals surface area contributed by atoms with Crippen LogP contribution < -0.4 is 10.6 Å². The third kappa shape index (κ3) is 4.16. The summed E-state index contributed by atoms with van der Waals surface area (Å²) in [5.74, 6) is 0.104. The van der Waals surface area contributed by atoms with Crippen LogP contribution in [0.15, 0.2) is 24.3 Å². The lowest BCUT2D eigenvalue weighted by Crippen LogP contribution is -2.58. The molecular weight excluding hydrogens is 381 g/mol. The summed E-state index contributed by atoms with van der Waals surface area (Å²) in [6, 6.07) is 7.41. The van der Waals surface area contributed by atoms with E-state index in [2.05, 4.69) is 33.2 Å². The van der Waals surface area contributed by atoms with Crippen molar-refractivity contribution >= 4 is 40.1 Å². The van der Waals surface area contributed by atoms with Crippen molar-refractivity contribution in [1.29, 1.82) is 0 Å². The van der Waals surface area contributed by atoms with Gasteiger partial charge in [-0.25, -0.2) is 0 Å². The number of hydrogen-bond donors (Lipinski definition) is 2. The van der Waals surface area contributed by atoms with Crippen molar-refractivity contribution in [3.05, 3.63) is 27.8 Å². The molecule has 1 fully saturated rings. The summed E-state index contributed by atoms with van der Waals surface area (Å²) in [6.07, 6.45) is 0. The Morgan fingerprint density at radius 2 is 2.19 bits per heavy atom. The lowest BCUT2D eigenvalue weighted by molar-refractivity contribution is -0.132. The highest BCUT2D eigenvalue weighted by Crippen LogP contribution is 2.18. The Balaban J connectivity index is 2.01. The molecule has 0 radical (unpaired) electrons. The normalized spacial score (nSPS) is 19.4. The molecule has 1 aliphatic heterocycles. The quantitative estimate of drug-likeness (QED) is 0.755. The molecule has 21 heavy (non-hydrogen) atoms. The van der Waals surface area contributed by atoms with Crippen LogP contribution in [-0.4, -0.2) is 42.4 Å². The van der Waals surface area contributed by atoms with Crippen LogP contribution in [-0.2, 0) is 9.59 Å². The number of rotatable bonds is 4. The number of amides is 2. The minimum absolute atomic E-state index is 0.0124. The Bertz CT molecular complexity index is 533. The largest absolute Gasteiger partial charge is 0.353 e. The Labute approximate surface area is 138 Å². The van der Waals surface area contributed by atoms with Crippen molar-refractivity contribution in [3.63, 3.8) is 0 Å². The molecule has 1 aromatic carbocycles. The number of benzene rings is 1. The summed E-state index contributed by atoms with van der Waals surface area (Å²) in [5, 5.41) is 5.77. The summed E-state index contributed by atoms with van der Waals surface area (Å²) in [4.78, 5) is 26.1. The van der Waals surface area contributed by atoms with Gasteiger partial charge in [0, 0.05) is 16.7 Å². The molecule has 0 aliphatic carbocycles. The average molecular weight is 401 g/mol. The summed E-state index contributed by atoms with van der Waals surface area (Å²) in [7, 11) is 0. The summed E-state index contributed by atoms with van der Waals surface area (Å²) in [5.41, 5.74) is 0.811. The maximum absolute atomic E-state index is 12.2. The van der Waals surface area contributed by atoms with E-state index in [1.807, 2.05) is 43.0 Å². The number of nitrogens with zero attached hydrogens (tertiary/aromatic N) is 1. The number of anilines is 1. The number of para-hydroxylation sites is 1. The molecular formula is C15H20IN3O2. The van der Waals surface area contributed by atoms with Crippen LogP contribution in [0.4, 0.5) is 5.69 Å². The zero-order valence-electron chi connectivity index (χ0n) is 12.2. The van der Waals surface area contributed by atoms with Crippen molar-refractivity contribution in [2.75, 3.05) is 25.0 Å². The van der Waals surface area contributed by atoms with Crippen LogP contribution in [0.3, 0.4) is 0 Å². The van der Waals surface area contributed by atoms with Gasteiger partial charge < -0.3 is 10.6 Å². The Hall–Kier alpha value is -1.15. The molecule has 0 aromatic heterocycles. The molecule has 1 heterocycles. The van der Waals surface area contributed by atoms with Crippen molar-refractivity contribution in [2.45, 2.75) is 19.9 Å². The molecule has 2 rings (SSSR count). The van der Waals surface area contributed by atoms with E-state index < -0.39 is 0 Å². The number of nitrogens with one attached hydrogen (secondary N) is 2. The number of hydrogen-bond acceptors (Lipinski definition) is 3. The minimum atomic E-state index is -0.237. The fraction of sp³-hybridized carbons (Fsp3) is 0.467. The first-order valence-electron chi connectivity index (χ1n) is 7.05. The monoisotopic (exact) mass is 401 g/mol. The first-order chi connectivity index (χ1) is 9.99. The van der Waals surface area contributed by atoms with Gasteiger partial charge in [-0.2, -0.15) is 0 Å². The Kier molecular flexibility index (Phi) is 5.58. The molecule has 2 N–H and O–H groups in total. The number of carbonyl (C=O) groups is 2. The van der Waals surface area contributed by atoms with Crippen LogP contribution >= 0.6 is 22.6 Å². The first-order valence-corrected chi connectivity index (χ1v) is 8.13. The van der Waals surface area contributed by atoms with Gasteiger partial charge in [0.05, 0.1) is 18.3 Å². The molecule has 1 atom stereocenters. The van der Waals surface area contributed by atoms with Gasteiger partial charge in [0.1, 0.15) is 0 Å². The molecule has 0 saturated carbocycles. The number of piperazine rings is 1. The molecule has 6 heteroatoms. The standard InChI is InChI=1S/C15H20IN3O2/c1-10(2)14-15(21)17-7-8-19(14)9-13(20)18-12-6-4-3-5-11(12)16/h3-6,10,14H,7-9H2,1-2H3,(H,17,21)(H,18,20). The van der Waals surface area contributed by atoms with E-state index >= 15 is 0 Å². The second-order valence-corrected chi connectivity index (χ2v) is 6.64. The van der Waals surface area contributed by atoms with Crippen LogP contribution in [0.2, 0.25) is 0 Å². The summed E-state index contributed by atoms with van der Waals surface area (Å²) >= 11 is 2.19. The molecule has 0 spiro atoms. The molecule has 2 amide bonds. The SMILES string of the molecule is CC(C)C1C(=O)NCCN1CC(=O)Nc1ccccc1I. The Morgan fingerprint density at radius 1 is 1.48 bits per heavy atom. The predicted octanol–water partition coefficient (Wildman–Crippen LogP) is 1.69. The fourth-order valence-corrected chi connectivity index (χ4v) is 3.09. The summed E-state index contributed by atoms with van der Waals surface area (Å²) < 4.78 is 1.00. The third-order valence-corrected chi connectivity index (χ3v) is 4.43. The molecule has 5 nitrogen and oxygen atoms in total. The zero-order valence-corrected chi connectivity index (χ0v) is 14.4. The minimum Gasteiger partial charge on any atom is -0.353 e. The van der Waals surface area contributed by atoms with E-state index in [4.69, 9.17) is 0 Å². The molecule has 1 aliphatic rings. The highest BCUT2D eigenvalue weighted by Gasteiger charge is 2.33. The van der Waals surface area contributed by atoms with Gasteiger partial charge in [0.15, 0.2) is 0 Å². The smallest absolute Gasteiger partial charge is 0.238 e. The van der Waals surface area contributed by atoms with Gasteiger partial charge in [-0.3, -0.25) is 14.5 Å². The lowest BCUT2D eigenvalue weighted by Gasteiger charge is -2.36. The van der Waals surface area contributed by atoms with Crippen molar-refractivity contribution in [2.24, 2.45) is 5.92 Å². The van der Waals surface area contributed by atoms with Crippen molar-refractivity contribution < 1.29 is 9.59 Å². The van der Waals surface area contributed by atoms with Gasteiger partial charge in [-0.05, 0) is 40.6 Å². The zero-order chi connectivity index (χ0) is 15.4. The van der Waals surface area contributed by atoms with Gasteiger partial charge in [0.25, 0.3) is 0 Å². The van der Waals surface area contributed by atoms with Crippen LogP contribution in [0, 0.1) is 9.49 Å². The van der Waals surface area contributed by atoms with Crippen LogP contribution in [0.1, 0.15) is 13.8 Å². The molecule has 1 saturated heterocycles. The predicted molar refractivity (Wildman–Crippen MR) is 91.0 cm³/mol. The van der Waals surface area contributed by atoms with E-state index in [-0.39, 0.29) is 30.3 Å². The average Bonchev–Trinajstić information content (AvgIpc) is 2.41. The second kappa shape index (κ2) is 7.22. The topological polar surface area (TPSA) is 61.4 Å². The van der Waals surface area contributed by atoms with Gasteiger partial charge in [-0.1, -0.05) is 26.0 Å². The third-order valence-electron chi connectivity index (χ3n) is 3.49. The van der Waals surface area contributed by atoms with E-state index in [1.165, 1.54) is 0 Å². The van der Waals surface area contributed by atoms with E-state index in [0.29, 0.717) is 13.1 Å². The molecule has 1 aromatic rings. The van der Waals surface area contributed by atoms with Crippen molar-refractivity contribution in [1.82, 2.24) is 10.2 Å². The number of carbonyl (C=O) groups excluding carboxylic acids is 2. The van der Waals surface area contributed by atoms with E-state index in [1.54, 1.807) is 0 Å². The molecule has 1 unspecified atom stereocenters. The Morgan fingerprint density at radius 3 is 2.86 bits per heavy atom. The first kappa shape index (κ1) is 16.2. The molecule has 114 valence electrons. The van der Waals surface area contributed by atoms with Crippen molar-refractivity contribution in [3.8, 4) is 0 Å². The van der Waals surface area contributed by atoms with E-state index in [0.717, 1.165) is 9.26 Å². The van der Waals surface area contributed by atoms with E-state index in [9.17, 15) is 9.59 Å². The van der Waals surface area contributed by atoms with Crippen LogP contribution in [0.5, 0.6) is 0 Å². The van der Waals surface area contributed by atoms with Gasteiger partial charge >= 0.3 is 0 Å². The molecule has 0 bridgehead atoms. The summed E-state index contributed by atoms with van der Waals surface area (Å²) in [6.45, 7) is 5.54. The maximum Gasteiger partial charge on any atom is 0.238 e. The highest BCUT2D eigenvalue weighted by atomic mass is 127.